The van der Waals surface area contributed by atoms with Gasteiger partial charge in [0.05, 0.1) is 5.54 Å². The van der Waals surface area contributed by atoms with Crippen molar-refractivity contribution in [3.05, 3.63) is 0 Å². The molecule has 0 amide bonds. The van der Waals surface area contributed by atoms with Crippen molar-refractivity contribution in [2.45, 2.75) is 80.8 Å². The second kappa shape index (κ2) is 10.8. The molecule has 0 heterocycles. The van der Waals surface area contributed by atoms with Crippen LogP contribution in [-0.4, -0.2) is 23.2 Å². The van der Waals surface area contributed by atoms with Gasteiger partial charge in [-0.3, -0.25) is 0 Å². The zero-order valence-electron chi connectivity index (χ0n) is 13.2. The summed E-state index contributed by atoms with van der Waals surface area (Å²) in [6.45, 7) is 0.403. The Morgan fingerprint density at radius 2 is 0.909 bits per heavy atom. The zero-order chi connectivity index (χ0) is 13.3. The van der Waals surface area contributed by atoms with Crippen molar-refractivity contribution >= 4 is 49.6 Å². The maximum atomic E-state index is 6.74. The molecule has 22 heavy (non-hydrogen) atoms. The second-order valence-electron chi connectivity index (χ2n) is 6.61. The molecular formula is C14H34Cl4N4. The Morgan fingerprint density at radius 1 is 0.636 bits per heavy atom. The van der Waals surface area contributed by atoms with Crippen LogP contribution in [0.25, 0.3) is 0 Å². The van der Waals surface area contributed by atoms with Gasteiger partial charge in [0.25, 0.3) is 0 Å². The maximum absolute atomic E-state index is 6.74. The van der Waals surface area contributed by atoms with E-state index in [1.54, 1.807) is 0 Å². The van der Waals surface area contributed by atoms with Crippen LogP contribution in [0.1, 0.15) is 64.2 Å². The molecule has 138 valence electrons. The fraction of sp³-hybridized carbons (Fsp3) is 1.00. The second-order valence-corrected chi connectivity index (χ2v) is 6.61. The van der Waals surface area contributed by atoms with Crippen molar-refractivity contribution in [2.75, 3.05) is 6.54 Å². The Hall–Kier alpha value is 1.000. The normalized spacial score (nSPS) is 22.9. The van der Waals surface area contributed by atoms with Crippen molar-refractivity contribution in [3.63, 3.8) is 0 Å². The van der Waals surface area contributed by atoms with Gasteiger partial charge in [0, 0.05) is 17.6 Å². The van der Waals surface area contributed by atoms with Gasteiger partial charge in [-0.05, 0) is 25.7 Å². The fourth-order valence-electron chi connectivity index (χ4n) is 4.16. The number of hydrogen-bond donors (Lipinski definition) is 4. The first kappa shape index (κ1) is 27.8. The summed E-state index contributed by atoms with van der Waals surface area (Å²) in [7, 11) is 0. The van der Waals surface area contributed by atoms with E-state index in [0.717, 1.165) is 51.4 Å². The summed E-state index contributed by atoms with van der Waals surface area (Å²) < 4.78 is 0. The third kappa shape index (κ3) is 4.76. The lowest BCUT2D eigenvalue weighted by atomic mass is 9.57. The van der Waals surface area contributed by atoms with E-state index >= 15 is 0 Å². The number of nitrogens with two attached hydrogens (primary N) is 4. The average Bonchev–Trinajstić information content (AvgIpc) is 2.39. The van der Waals surface area contributed by atoms with E-state index in [1.165, 1.54) is 12.8 Å². The molecule has 0 aromatic rings. The standard InChI is InChI=1S/C14H30N4.4ClH/c15-11-14(18,12(16)7-3-1-4-8-12)13(17)9-5-2-6-10-13;;;;/h1-11,15-18H2;4*1H. The van der Waals surface area contributed by atoms with Gasteiger partial charge in [-0.2, -0.15) is 0 Å². The largest absolute Gasteiger partial charge is 0.329 e. The number of halogens is 4. The van der Waals surface area contributed by atoms with Gasteiger partial charge in [0.1, 0.15) is 0 Å². The Bertz CT molecular complexity index is 269. The number of hydrogen-bond acceptors (Lipinski definition) is 4. The van der Waals surface area contributed by atoms with Gasteiger partial charge in [-0.1, -0.05) is 38.5 Å². The van der Waals surface area contributed by atoms with Crippen LogP contribution < -0.4 is 22.9 Å². The summed E-state index contributed by atoms with van der Waals surface area (Å²) >= 11 is 0. The van der Waals surface area contributed by atoms with E-state index in [0.29, 0.717) is 6.54 Å². The minimum atomic E-state index is -0.610. The molecule has 0 spiro atoms. The topological polar surface area (TPSA) is 104 Å². The first-order chi connectivity index (χ1) is 8.47. The van der Waals surface area contributed by atoms with Crippen LogP contribution in [-0.2, 0) is 0 Å². The van der Waals surface area contributed by atoms with Crippen LogP contribution in [0.4, 0.5) is 0 Å². The minimum Gasteiger partial charge on any atom is -0.329 e. The SMILES string of the molecule is Cl.Cl.Cl.Cl.NCC(N)(C1(N)CCCCC1)C1(N)CCCCC1. The summed E-state index contributed by atoms with van der Waals surface area (Å²) in [6, 6.07) is 0. The number of rotatable bonds is 3. The van der Waals surface area contributed by atoms with Crippen LogP contribution in [0.3, 0.4) is 0 Å². The molecule has 0 radical (unpaired) electrons. The predicted molar refractivity (Wildman–Crippen MR) is 105 cm³/mol. The molecule has 8 N–H and O–H groups in total. The summed E-state index contributed by atoms with van der Waals surface area (Å²) in [5.41, 5.74) is 24.8. The molecule has 2 saturated carbocycles. The highest BCUT2D eigenvalue weighted by molar-refractivity contribution is 5.86. The fourth-order valence-corrected chi connectivity index (χ4v) is 4.16. The molecule has 0 aromatic carbocycles. The van der Waals surface area contributed by atoms with Crippen molar-refractivity contribution in [3.8, 4) is 0 Å². The molecule has 2 aliphatic carbocycles. The molecule has 2 rings (SSSR count). The van der Waals surface area contributed by atoms with Gasteiger partial charge in [-0.15, -0.1) is 49.6 Å². The molecule has 0 bridgehead atoms. The van der Waals surface area contributed by atoms with E-state index in [9.17, 15) is 0 Å². The highest BCUT2D eigenvalue weighted by Crippen LogP contribution is 2.43. The van der Waals surface area contributed by atoms with Crippen molar-refractivity contribution < 1.29 is 0 Å². The molecule has 0 atom stereocenters. The van der Waals surface area contributed by atoms with Crippen LogP contribution in [0.2, 0.25) is 0 Å². The summed E-state index contributed by atoms with van der Waals surface area (Å²) in [5, 5.41) is 0. The first-order valence-electron chi connectivity index (χ1n) is 7.54. The van der Waals surface area contributed by atoms with E-state index in [-0.39, 0.29) is 60.7 Å². The van der Waals surface area contributed by atoms with E-state index in [1.807, 2.05) is 0 Å². The third-order valence-electron chi connectivity index (χ3n) is 5.59. The molecule has 2 fully saturated rings. The third-order valence-corrected chi connectivity index (χ3v) is 5.59. The van der Waals surface area contributed by atoms with Gasteiger partial charge < -0.3 is 22.9 Å². The monoisotopic (exact) mass is 398 g/mol. The van der Waals surface area contributed by atoms with E-state index in [2.05, 4.69) is 0 Å². The van der Waals surface area contributed by atoms with Gasteiger partial charge in [0.15, 0.2) is 0 Å². The summed E-state index contributed by atoms with van der Waals surface area (Å²) in [5.74, 6) is 0. The summed E-state index contributed by atoms with van der Waals surface area (Å²) in [6.07, 6.45) is 11.0. The Labute approximate surface area is 159 Å². The van der Waals surface area contributed by atoms with Gasteiger partial charge in [0.2, 0.25) is 0 Å². The van der Waals surface area contributed by atoms with E-state index < -0.39 is 5.54 Å². The van der Waals surface area contributed by atoms with Gasteiger partial charge in [-0.25, -0.2) is 0 Å². The lowest BCUT2D eigenvalue weighted by molar-refractivity contribution is 0.0592. The molecule has 8 heteroatoms. The molecule has 0 aliphatic heterocycles. The van der Waals surface area contributed by atoms with Crippen molar-refractivity contribution in [2.24, 2.45) is 22.9 Å². The minimum absolute atomic E-state index is 0. The van der Waals surface area contributed by atoms with Crippen molar-refractivity contribution in [1.29, 1.82) is 0 Å². The first-order valence-corrected chi connectivity index (χ1v) is 7.54. The van der Waals surface area contributed by atoms with Crippen LogP contribution in [0, 0.1) is 0 Å². The van der Waals surface area contributed by atoms with Crippen LogP contribution in [0.5, 0.6) is 0 Å². The maximum Gasteiger partial charge on any atom is 0.0642 e. The lowest BCUT2D eigenvalue weighted by Gasteiger charge is -2.58. The van der Waals surface area contributed by atoms with E-state index in [4.69, 9.17) is 22.9 Å². The predicted octanol–water partition coefficient (Wildman–Crippen LogP) is 2.65. The molecule has 0 unspecified atom stereocenters. The van der Waals surface area contributed by atoms with Crippen molar-refractivity contribution in [1.82, 2.24) is 0 Å². The molecule has 0 saturated heterocycles. The van der Waals surface area contributed by atoms with Gasteiger partial charge >= 0.3 is 0 Å². The molecule has 2 aliphatic rings. The van der Waals surface area contributed by atoms with Crippen LogP contribution >= 0.6 is 49.6 Å². The Kier molecular flexibility index (Phi) is 13.6. The molecule has 4 nitrogen and oxygen atoms in total. The average molecular weight is 400 g/mol. The Balaban J connectivity index is -0.000000902. The quantitative estimate of drug-likeness (QED) is 0.585. The summed E-state index contributed by atoms with van der Waals surface area (Å²) in [4.78, 5) is 0. The van der Waals surface area contributed by atoms with Crippen LogP contribution in [0.15, 0.2) is 0 Å². The highest BCUT2D eigenvalue weighted by atomic mass is 35.5. The molecular weight excluding hydrogens is 366 g/mol. The smallest absolute Gasteiger partial charge is 0.0642 e. The molecule has 0 aromatic heterocycles. The lowest BCUT2D eigenvalue weighted by Crippen LogP contribution is -2.82. The highest BCUT2D eigenvalue weighted by Gasteiger charge is 2.56. The Morgan fingerprint density at radius 3 is 1.14 bits per heavy atom. The zero-order valence-corrected chi connectivity index (χ0v) is 16.5.